The first kappa shape index (κ1) is 13.8. The maximum Gasteiger partial charge on any atom is 0.256 e. The SMILES string of the molecule is CCCNC1(C(F)F)CCCN(CC)CC1. The zero-order chi connectivity index (χ0) is 12.0. The molecule has 1 fully saturated rings. The van der Waals surface area contributed by atoms with Crippen molar-refractivity contribution >= 4 is 0 Å². The van der Waals surface area contributed by atoms with Gasteiger partial charge >= 0.3 is 0 Å². The second-order valence-electron chi connectivity index (χ2n) is 4.67. The van der Waals surface area contributed by atoms with Gasteiger partial charge in [-0.05, 0) is 45.3 Å². The van der Waals surface area contributed by atoms with Gasteiger partial charge in [0.2, 0.25) is 0 Å². The molecule has 2 nitrogen and oxygen atoms in total. The molecule has 1 saturated heterocycles. The van der Waals surface area contributed by atoms with Crippen LogP contribution in [-0.2, 0) is 0 Å². The third-order valence-electron chi connectivity index (χ3n) is 3.56. The summed E-state index contributed by atoms with van der Waals surface area (Å²) in [5.41, 5.74) is -0.931. The highest BCUT2D eigenvalue weighted by Gasteiger charge is 2.40. The van der Waals surface area contributed by atoms with Crippen LogP contribution >= 0.6 is 0 Å². The van der Waals surface area contributed by atoms with Crippen LogP contribution in [0.1, 0.15) is 39.5 Å². The molecule has 0 spiro atoms. The molecule has 16 heavy (non-hydrogen) atoms. The Morgan fingerprint density at radius 2 is 2.00 bits per heavy atom. The maximum atomic E-state index is 13.2. The predicted octanol–water partition coefficient (Wildman–Crippen LogP) is 2.50. The number of hydrogen-bond donors (Lipinski definition) is 1. The largest absolute Gasteiger partial charge is 0.306 e. The first-order valence-corrected chi connectivity index (χ1v) is 6.40. The van der Waals surface area contributed by atoms with E-state index in [2.05, 4.69) is 17.1 Å². The van der Waals surface area contributed by atoms with E-state index >= 15 is 0 Å². The molecule has 96 valence electrons. The van der Waals surface area contributed by atoms with Crippen LogP contribution < -0.4 is 5.32 Å². The molecule has 1 aliphatic heterocycles. The van der Waals surface area contributed by atoms with Crippen molar-refractivity contribution < 1.29 is 8.78 Å². The third-order valence-corrected chi connectivity index (χ3v) is 3.56. The van der Waals surface area contributed by atoms with Crippen LogP contribution in [0.2, 0.25) is 0 Å². The van der Waals surface area contributed by atoms with Crippen LogP contribution in [0.3, 0.4) is 0 Å². The molecule has 0 radical (unpaired) electrons. The van der Waals surface area contributed by atoms with Crippen LogP contribution in [0.5, 0.6) is 0 Å². The topological polar surface area (TPSA) is 15.3 Å². The average molecular weight is 234 g/mol. The molecule has 0 bridgehead atoms. The lowest BCUT2D eigenvalue weighted by Crippen LogP contribution is -2.52. The predicted molar refractivity (Wildman–Crippen MR) is 63.0 cm³/mol. The van der Waals surface area contributed by atoms with Gasteiger partial charge in [0, 0.05) is 6.54 Å². The lowest BCUT2D eigenvalue weighted by Gasteiger charge is -2.33. The van der Waals surface area contributed by atoms with E-state index in [1.165, 1.54) is 0 Å². The number of nitrogens with one attached hydrogen (secondary N) is 1. The molecule has 4 heteroatoms. The standard InChI is InChI=1S/C12H24F2N2/c1-3-8-15-12(11(13)14)6-5-9-16(4-2)10-7-12/h11,15H,3-10H2,1-2H3. The molecule has 0 aromatic carbocycles. The first-order valence-electron chi connectivity index (χ1n) is 6.40. The van der Waals surface area contributed by atoms with E-state index < -0.39 is 12.0 Å². The Kier molecular flexibility index (Phi) is 5.62. The van der Waals surface area contributed by atoms with E-state index in [0.717, 1.165) is 32.5 Å². The van der Waals surface area contributed by atoms with E-state index in [1.54, 1.807) is 0 Å². The van der Waals surface area contributed by atoms with Gasteiger partial charge in [0.25, 0.3) is 6.43 Å². The molecule has 1 rings (SSSR count). The van der Waals surface area contributed by atoms with Crippen molar-refractivity contribution in [2.45, 2.75) is 51.5 Å². The highest BCUT2D eigenvalue weighted by atomic mass is 19.3. The molecule has 0 aromatic rings. The highest BCUT2D eigenvalue weighted by molar-refractivity contribution is 4.93. The summed E-state index contributed by atoms with van der Waals surface area (Å²) in [5, 5.41) is 3.09. The molecule has 0 aromatic heterocycles. The Morgan fingerprint density at radius 1 is 1.25 bits per heavy atom. The van der Waals surface area contributed by atoms with E-state index in [9.17, 15) is 8.78 Å². The van der Waals surface area contributed by atoms with Gasteiger partial charge in [-0.3, -0.25) is 0 Å². The molecule has 0 saturated carbocycles. The van der Waals surface area contributed by atoms with E-state index in [4.69, 9.17) is 0 Å². The normalized spacial score (nSPS) is 28.3. The van der Waals surface area contributed by atoms with Gasteiger partial charge in [-0.25, -0.2) is 8.78 Å². The Morgan fingerprint density at radius 3 is 2.56 bits per heavy atom. The minimum absolute atomic E-state index is 0.568. The fourth-order valence-corrected chi connectivity index (χ4v) is 2.37. The zero-order valence-electron chi connectivity index (χ0n) is 10.4. The monoisotopic (exact) mass is 234 g/mol. The summed E-state index contributed by atoms with van der Waals surface area (Å²) in [4.78, 5) is 2.26. The van der Waals surface area contributed by atoms with Crippen LogP contribution in [-0.4, -0.2) is 43.0 Å². The average Bonchev–Trinajstić information content (AvgIpc) is 2.49. The number of hydrogen-bond acceptors (Lipinski definition) is 2. The minimum atomic E-state index is -2.25. The summed E-state index contributed by atoms with van der Waals surface area (Å²) in [6.07, 6.45) is 0.691. The van der Waals surface area contributed by atoms with Crippen molar-refractivity contribution in [3.8, 4) is 0 Å². The third kappa shape index (κ3) is 3.39. The molecule has 0 amide bonds. The van der Waals surface area contributed by atoms with Gasteiger partial charge in [0.15, 0.2) is 0 Å². The summed E-state index contributed by atoms with van der Waals surface area (Å²) in [7, 11) is 0. The van der Waals surface area contributed by atoms with Crippen molar-refractivity contribution in [3.05, 3.63) is 0 Å². The first-order chi connectivity index (χ1) is 7.64. The second kappa shape index (κ2) is 6.50. The van der Waals surface area contributed by atoms with Crippen molar-refractivity contribution in [2.75, 3.05) is 26.2 Å². The quantitative estimate of drug-likeness (QED) is 0.786. The Hall–Kier alpha value is -0.220. The minimum Gasteiger partial charge on any atom is -0.306 e. The summed E-state index contributed by atoms with van der Waals surface area (Å²) in [6, 6.07) is 0. The van der Waals surface area contributed by atoms with Crippen molar-refractivity contribution in [1.29, 1.82) is 0 Å². The number of rotatable bonds is 5. The molecule has 1 N–H and O–H groups in total. The second-order valence-corrected chi connectivity index (χ2v) is 4.67. The summed E-state index contributed by atoms with van der Waals surface area (Å²) in [5.74, 6) is 0. The Labute approximate surface area is 97.4 Å². The van der Waals surface area contributed by atoms with Crippen LogP contribution in [0, 0.1) is 0 Å². The van der Waals surface area contributed by atoms with E-state index in [0.29, 0.717) is 19.4 Å². The van der Waals surface area contributed by atoms with Crippen LogP contribution in [0.4, 0.5) is 8.78 Å². The zero-order valence-corrected chi connectivity index (χ0v) is 10.4. The molecule has 0 aliphatic carbocycles. The number of alkyl halides is 2. The van der Waals surface area contributed by atoms with E-state index in [-0.39, 0.29) is 0 Å². The fourth-order valence-electron chi connectivity index (χ4n) is 2.37. The number of nitrogens with zero attached hydrogens (tertiary/aromatic N) is 1. The van der Waals surface area contributed by atoms with Crippen molar-refractivity contribution in [3.63, 3.8) is 0 Å². The lowest BCUT2D eigenvalue weighted by atomic mass is 9.91. The Balaban J connectivity index is 2.62. The van der Waals surface area contributed by atoms with Gasteiger partial charge in [-0.1, -0.05) is 13.8 Å². The molecule has 1 atom stereocenters. The number of likely N-dealkylation sites (tertiary alicyclic amines) is 1. The molecular weight excluding hydrogens is 210 g/mol. The van der Waals surface area contributed by atoms with Gasteiger partial charge in [-0.2, -0.15) is 0 Å². The smallest absolute Gasteiger partial charge is 0.256 e. The maximum absolute atomic E-state index is 13.2. The molecule has 1 heterocycles. The lowest BCUT2D eigenvalue weighted by molar-refractivity contribution is 0.0204. The molecule has 1 aliphatic rings. The summed E-state index contributed by atoms with van der Waals surface area (Å²) in [6.45, 7) is 7.51. The summed E-state index contributed by atoms with van der Waals surface area (Å²) < 4.78 is 26.5. The van der Waals surface area contributed by atoms with Gasteiger partial charge in [-0.15, -0.1) is 0 Å². The number of halogens is 2. The van der Waals surface area contributed by atoms with Crippen molar-refractivity contribution in [2.24, 2.45) is 0 Å². The van der Waals surface area contributed by atoms with E-state index in [1.807, 2.05) is 6.92 Å². The molecule has 1 unspecified atom stereocenters. The summed E-state index contributed by atoms with van der Waals surface area (Å²) >= 11 is 0. The van der Waals surface area contributed by atoms with Gasteiger partial charge in [0.1, 0.15) is 0 Å². The van der Waals surface area contributed by atoms with Gasteiger partial charge in [0.05, 0.1) is 5.54 Å². The molecular formula is C12H24F2N2. The van der Waals surface area contributed by atoms with Crippen LogP contribution in [0.15, 0.2) is 0 Å². The fraction of sp³-hybridized carbons (Fsp3) is 1.00. The van der Waals surface area contributed by atoms with Gasteiger partial charge < -0.3 is 10.2 Å². The Bertz CT molecular complexity index is 199. The van der Waals surface area contributed by atoms with Crippen LogP contribution in [0.25, 0.3) is 0 Å². The highest BCUT2D eigenvalue weighted by Crippen LogP contribution is 2.28. The van der Waals surface area contributed by atoms with Crippen molar-refractivity contribution in [1.82, 2.24) is 10.2 Å².